The minimum atomic E-state index is -4.85. The summed E-state index contributed by atoms with van der Waals surface area (Å²) in [5, 5.41) is 17.6. The normalized spacial score (nSPS) is 22.8. The molecule has 1 unspecified atom stereocenters. The highest BCUT2D eigenvalue weighted by Gasteiger charge is 2.45. The Morgan fingerprint density at radius 1 is 1.00 bits per heavy atom. The first kappa shape index (κ1) is 31.9. The smallest absolute Gasteiger partial charge is 0.405 e. The molecule has 1 atom stereocenters. The number of nitrogens with zero attached hydrogens (tertiary/aromatic N) is 5. The van der Waals surface area contributed by atoms with Crippen molar-refractivity contribution in [2.75, 3.05) is 0 Å². The van der Waals surface area contributed by atoms with Crippen molar-refractivity contribution in [1.82, 2.24) is 25.5 Å². The molecule has 0 bridgehead atoms. The van der Waals surface area contributed by atoms with Crippen molar-refractivity contribution < 1.29 is 22.8 Å². The predicted molar refractivity (Wildman–Crippen MR) is 161 cm³/mol. The number of hydrogen-bond donors (Lipinski definition) is 3. The van der Waals surface area contributed by atoms with Gasteiger partial charge < -0.3 is 15.4 Å². The Kier molecular flexibility index (Phi) is 9.93. The van der Waals surface area contributed by atoms with Crippen molar-refractivity contribution in [3.05, 3.63) is 112 Å². The van der Waals surface area contributed by atoms with Gasteiger partial charge >= 0.3 is 12.1 Å². The molecule has 0 spiro atoms. The van der Waals surface area contributed by atoms with E-state index in [0.717, 1.165) is 37.1 Å². The second-order valence-corrected chi connectivity index (χ2v) is 11.3. The van der Waals surface area contributed by atoms with Gasteiger partial charge in [0, 0.05) is 37.1 Å². The maximum absolute atomic E-state index is 12.8. The third-order valence-electron chi connectivity index (χ3n) is 8.07. The van der Waals surface area contributed by atoms with Crippen LogP contribution in [-0.4, -0.2) is 43.8 Å². The molecule has 1 saturated carbocycles. The van der Waals surface area contributed by atoms with E-state index in [9.17, 15) is 23.3 Å². The molecule has 0 amide bonds. The molecule has 14 heteroatoms. The third kappa shape index (κ3) is 8.76. The van der Waals surface area contributed by atoms with Crippen LogP contribution in [0.2, 0.25) is 0 Å². The SMILES string of the molecule is NC1(CC2CCC(N(Cc3ccccn3)Cc3ccccn3)CC2)NC(=NCc2ccccc2OC(F)(F)F)NC=C1[N+](=O)[O-]. The summed E-state index contributed by atoms with van der Waals surface area (Å²) in [6, 6.07) is 17.7. The topological polar surface area (TPSA) is 144 Å². The summed E-state index contributed by atoms with van der Waals surface area (Å²) >= 11 is 0. The standard InChI is InChI=1S/C31H35F3N8O3/c32-31(33,34)45-27-10-2-1-7-23(27)18-38-29-39-19-28(42(43)44)30(35,40-29)17-22-11-13-26(14-12-22)41(20-24-8-3-5-15-36-24)21-25-9-4-6-16-37-25/h1-10,15-16,19,22,26H,11-14,17-18,20-21,35H2,(H2,38,39,40). The number of nitrogens with one attached hydrogen (secondary N) is 2. The van der Waals surface area contributed by atoms with Crippen LogP contribution in [0, 0.1) is 16.0 Å². The van der Waals surface area contributed by atoms with E-state index in [0.29, 0.717) is 13.1 Å². The van der Waals surface area contributed by atoms with Gasteiger partial charge in [0.05, 0.1) is 29.1 Å². The lowest BCUT2D eigenvalue weighted by atomic mass is 9.79. The number of alkyl halides is 3. The second-order valence-electron chi connectivity index (χ2n) is 11.3. The summed E-state index contributed by atoms with van der Waals surface area (Å²) in [5.74, 6) is -0.160. The summed E-state index contributed by atoms with van der Waals surface area (Å²) < 4.78 is 42.6. The summed E-state index contributed by atoms with van der Waals surface area (Å²) in [4.78, 5) is 27.2. The number of nitrogens with two attached hydrogens (primary N) is 1. The van der Waals surface area contributed by atoms with Crippen LogP contribution in [0.1, 0.15) is 49.1 Å². The second kappa shape index (κ2) is 14.0. The van der Waals surface area contributed by atoms with Gasteiger partial charge in [0.2, 0.25) is 0 Å². The number of para-hydroxylation sites is 1. The molecule has 3 heterocycles. The number of aromatic nitrogens is 2. The Morgan fingerprint density at radius 3 is 2.20 bits per heavy atom. The lowest BCUT2D eigenvalue weighted by Gasteiger charge is -2.40. The summed E-state index contributed by atoms with van der Waals surface area (Å²) in [6.45, 7) is 1.17. The molecule has 2 aromatic heterocycles. The average molecular weight is 625 g/mol. The minimum absolute atomic E-state index is 0.0916. The predicted octanol–water partition coefficient (Wildman–Crippen LogP) is 4.85. The third-order valence-corrected chi connectivity index (χ3v) is 8.07. The fourth-order valence-corrected chi connectivity index (χ4v) is 5.94. The van der Waals surface area contributed by atoms with Crippen molar-refractivity contribution in [2.24, 2.45) is 16.6 Å². The highest BCUT2D eigenvalue weighted by Crippen LogP contribution is 2.35. The van der Waals surface area contributed by atoms with Crippen molar-refractivity contribution in [1.29, 1.82) is 0 Å². The van der Waals surface area contributed by atoms with Gasteiger partial charge in [0.1, 0.15) is 5.75 Å². The molecular formula is C31H35F3N8O3. The van der Waals surface area contributed by atoms with E-state index in [2.05, 4.69) is 35.2 Å². The van der Waals surface area contributed by atoms with Gasteiger partial charge in [-0.2, -0.15) is 0 Å². The van der Waals surface area contributed by atoms with Crippen molar-refractivity contribution in [3.63, 3.8) is 0 Å². The van der Waals surface area contributed by atoms with E-state index < -0.39 is 16.9 Å². The molecule has 1 fully saturated rings. The fourth-order valence-electron chi connectivity index (χ4n) is 5.94. The molecule has 1 aromatic carbocycles. The lowest BCUT2D eigenvalue weighted by Crippen LogP contribution is -2.64. The molecule has 238 valence electrons. The van der Waals surface area contributed by atoms with Gasteiger partial charge in [-0.1, -0.05) is 30.3 Å². The number of guanidine groups is 1. The number of hydrogen-bond acceptors (Lipinski definition) is 8. The van der Waals surface area contributed by atoms with Crippen LogP contribution in [0.25, 0.3) is 0 Å². The molecule has 1 aliphatic heterocycles. The number of nitro groups is 1. The quantitative estimate of drug-likeness (QED) is 0.202. The number of aliphatic imine (C=N–C) groups is 1. The molecule has 0 saturated heterocycles. The molecular weight excluding hydrogens is 589 g/mol. The van der Waals surface area contributed by atoms with Crippen LogP contribution < -0.4 is 21.1 Å². The summed E-state index contributed by atoms with van der Waals surface area (Å²) in [6.07, 6.45) is 3.53. The van der Waals surface area contributed by atoms with Crippen LogP contribution in [0.15, 0.2) is 89.9 Å². The number of pyridine rings is 2. The number of rotatable bonds is 11. The maximum Gasteiger partial charge on any atom is 0.573 e. The molecule has 0 radical (unpaired) electrons. The van der Waals surface area contributed by atoms with E-state index in [-0.39, 0.29) is 47.9 Å². The fraction of sp³-hybridized carbons (Fsp3) is 0.387. The van der Waals surface area contributed by atoms with E-state index >= 15 is 0 Å². The van der Waals surface area contributed by atoms with E-state index in [4.69, 9.17) is 5.73 Å². The van der Waals surface area contributed by atoms with Crippen molar-refractivity contribution >= 4 is 5.96 Å². The maximum atomic E-state index is 12.8. The van der Waals surface area contributed by atoms with Crippen molar-refractivity contribution in [3.8, 4) is 5.75 Å². The zero-order valence-corrected chi connectivity index (χ0v) is 24.5. The lowest BCUT2D eigenvalue weighted by molar-refractivity contribution is -0.437. The minimum Gasteiger partial charge on any atom is -0.405 e. The zero-order valence-electron chi connectivity index (χ0n) is 24.5. The first-order valence-corrected chi connectivity index (χ1v) is 14.7. The van der Waals surface area contributed by atoms with Crippen LogP contribution in [0.4, 0.5) is 13.2 Å². The van der Waals surface area contributed by atoms with Gasteiger partial charge in [-0.3, -0.25) is 30.7 Å². The Hall–Kier alpha value is -4.56. The van der Waals surface area contributed by atoms with Gasteiger partial charge in [-0.25, -0.2) is 4.99 Å². The molecule has 5 rings (SSSR count). The number of halogens is 3. The number of ether oxygens (including phenoxy) is 1. The Balaban J connectivity index is 1.25. The van der Waals surface area contributed by atoms with E-state index in [1.165, 1.54) is 24.4 Å². The summed E-state index contributed by atoms with van der Waals surface area (Å²) in [5.41, 5.74) is 7.02. The Labute approximate surface area is 258 Å². The van der Waals surface area contributed by atoms with Gasteiger partial charge in [0.15, 0.2) is 11.6 Å². The average Bonchev–Trinajstić information content (AvgIpc) is 3.01. The molecule has 2 aliphatic rings. The summed E-state index contributed by atoms with van der Waals surface area (Å²) in [7, 11) is 0. The number of benzene rings is 1. The van der Waals surface area contributed by atoms with Gasteiger partial charge in [0.25, 0.3) is 0 Å². The molecule has 11 nitrogen and oxygen atoms in total. The van der Waals surface area contributed by atoms with Gasteiger partial charge in [-0.15, -0.1) is 13.2 Å². The van der Waals surface area contributed by atoms with E-state index in [1.807, 2.05) is 36.4 Å². The highest BCUT2D eigenvalue weighted by atomic mass is 19.4. The zero-order chi connectivity index (χ0) is 31.9. The first-order chi connectivity index (χ1) is 21.6. The first-order valence-electron chi connectivity index (χ1n) is 14.7. The molecule has 4 N–H and O–H groups in total. The molecule has 45 heavy (non-hydrogen) atoms. The van der Waals surface area contributed by atoms with Crippen LogP contribution in [0.3, 0.4) is 0 Å². The Bertz CT molecular complexity index is 1460. The van der Waals surface area contributed by atoms with Crippen molar-refractivity contribution in [2.45, 2.75) is 69.8 Å². The van der Waals surface area contributed by atoms with Gasteiger partial charge in [-0.05, 0) is 68.4 Å². The highest BCUT2D eigenvalue weighted by molar-refractivity contribution is 5.83. The van der Waals surface area contributed by atoms with Crippen LogP contribution >= 0.6 is 0 Å². The van der Waals surface area contributed by atoms with Crippen LogP contribution in [0.5, 0.6) is 5.75 Å². The Morgan fingerprint density at radius 2 is 1.62 bits per heavy atom. The van der Waals surface area contributed by atoms with E-state index in [1.54, 1.807) is 18.5 Å². The monoisotopic (exact) mass is 624 g/mol. The molecule has 3 aromatic rings. The largest absolute Gasteiger partial charge is 0.573 e. The molecule has 1 aliphatic carbocycles. The van der Waals surface area contributed by atoms with Crippen LogP contribution in [-0.2, 0) is 19.6 Å².